The van der Waals surface area contributed by atoms with Crippen LogP contribution in [0.2, 0.25) is 0 Å². The van der Waals surface area contributed by atoms with E-state index < -0.39 is 14.9 Å². The maximum absolute atomic E-state index is 11.0. The molecule has 0 saturated carbocycles. The number of hydrogen-bond acceptors (Lipinski definition) is 7. The molecule has 2 aromatic rings. The molecular formula is C10H12N4O4S2. The van der Waals surface area contributed by atoms with Gasteiger partial charge in [-0.05, 0) is 13.0 Å². The van der Waals surface area contributed by atoms with Crippen molar-refractivity contribution in [3.63, 3.8) is 0 Å². The Bertz CT molecular complexity index is 769. The third kappa shape index (κ3) is 3.40. The Morgan fingerprint density at radius 1 is 1.50 bits per heavy atom. The zero-order valence-electron chi connectivity index (χ0n) is 10.5. The minimum atomic E-state index is -3.61. The highest BCUT2D eigenvalue weighted by molar-refractivity contribution is 7.89. The summed E-state index contributed by atoms with van der Waals surface area (Å²) < 4.78 is 22.4. The number of primary sulfonamides is 1. The molecule has 2 rings (SSSR count). The number of fused-ring (bicyclic) bond motifs is 1. The molecule has 1 aromatic heterocycles. The molecule has 0 radical (unpaired) electrons. The van der Waals surface area contributed by atoms with Gasteiger partial charge in [-0.25, -0.2) is 18.5 Å². The molecule has 0 atom stereocenters. The third-order valence-electron chi connectivity index (χ3n) is 2.51. The predicted octanol–water partition coefficient (Wildman–Crippen LogP) is 1.21. The van der Waals surface area contributed by atoms with E-state index in [1.54, 1.807) is 6.07 Å². The second-order valence-electron chi connectivity index (χ2n) is 4.12. The van der Waals surface area contributed by atoms with E-state index in [9.17, 15) is 18.5 Å². The molecule has 0 amide bonds. The lowest BCUT2D eigenvalue weighted by atomic mass is 10.2. The molecule has 0 spiro atoms. The number of nitro benzene ring substituents is 1. The normalized spacial score (nSPS) is 11.7. The van der Waals surface area contributed by atoms with E-state index in [4.69, 9.17) is 5.14 Å². The van der Waals surface area contributed by atoms with Crippen molar-refractivity contribution in [1.29, 1.82) is 0 Å². The van der Waals surface area contributed by atoms with Crippen LogP contribution >= 0.6 is 11.3 Å². The zero-order chi connectivity index (χ0) is 14.9. The summed E-state index contributed by atoms with van der Waals surface area (Å²) in [6, 6.07) is 2.97. The molecule has 0 aliphatic carbocycles. The van der Waals surface area contributed by atoms with Crippen molar-refractivity contribution in [2.45, 2.75) is 6.92 Å². The first kappa shape index (κ1) is 14.6. The SMILES string of the molecule is Cc1nc2cc(NCCS(N)(=O)=O)c([N+](=O)[O-])cc2s1. The Kier molecular flexibility index (Phi) is 3.88. The first-order valence-electron chi connectivity index (χ1n) is 5.56. The highest BCUT2D eigenvalue weighted by atomic mass is 32.2. The molecular weight excluding hydrogens is 304 g/mol. The van der Waals surface area contributed by atoms with E-state index in [2.05, 4.69) is 10.3 Å². The lowest BCUT2D eigenvalue weighted by molar-refractivity contribution is -0.383. The van der Waals surface area contributed by atoms with Crippen LogP contribution in [0.15, 0.2) is 12.1 Å². The number of benzene rings is 1. The van der Waals surface area contributed by atoms with Crippen LogP contribution in [0.1, 0.15) is 5.01 Å². The van der Waals surface area contributed by atoms with Crippen LogP contribution in [-0.4, -0.2) is 30.6 Å². The smallest absolute Gasteiger partial charge is 0.293 e. The van der Waals surface area contributed by atoms with Crippen LogP contribution in [0.25, 0.3) is 10.2 Å². The maximum atomic E-state index is 11.0. The fourth-order valence-corrected chi connectivity index (χ4v) is 2.93. The number of hydrogen-bond donors (Lipinski definition) is 2. The monoisotopic (exact) mass is 316 g/mol. The van der Waals surface area contributed by atoms with Crippen molar-refractivity contribution in [3.05, 3.63) is 27.3 Å². The number of sulfonamides is 1. The van der Waals surface area contributed by atoms with Gasteiger partial charge in [-0.3, -0.25) is 10.1 Å². The number of nitrogens with one attached hydrogen (secondary N) is 1. The average Bonchev–Trinajstić information content (AvgIpc) is 2.65. The highest BCUT2D eigenvalue weighted by Crippen LogP contribution is 2.32. The molecule has 0 saturated heterocycles. The summed E-state index contributed by atoms with van der Waals surface area (Å²) in [5, 5.41) is 19.4. The van der Waals surface area contributed by atoms with Crippen molar-refractivity contribution in [2.24, 2.45) is 5.14 Å². The van der Waals surface area contributed by atoms with Crippen molar-refractivity contribution >= 4 is 43.0 Å². The topological polar surface area (TPSA) is 128 Å². The van der Waals surface area contributed by atoms with Crippen LogP contribution in [0.4, 0.5) is 11.4 Å². The van der Waals surface area contributed by atoms with Crippen molar-refractivity contribution in [3.8, 4) is 0 Å². The number of thiazole rings is 1. The van der Waals surface area contributed by atoms with E-state index in [-0.39, 0.29) is 23.7 Å². The minimum absolute atomic E-state index is 0.00566. The van der Waals surface area contributed by atoms with Gasteiger partial charge < -0.3 is 5.32 Å². The Labute approximate surface area is 118 Å². The first-order chi connectivity index (χ1) is 9.26. The zero-order valence-corrected chi connectivity index (χ0v) is 12.1. The fourth-order valence-electron chi connectivity index (χ4n) is 1.70. The van der Waals surface area contributed by atoms with Crippen LogP contribution < -0.4 is 10.5 Å². The van der Waals surface area contributed by atoms with E-state index in [1.807, 2.05) is 6.92 Å². The van der Waals surface area contributed by atoms with Crippen LogP contribution in [0.3, 0.4) is 0 Å². The Hall–Kier alpha value is -1.78. The summed E-state index contributed by atoms with van der Waals surface area (Å²) >= 11 is 1.36. The average molecular weight is 316 g/mol. The molecule has 108 valence electrons. The number of aryl methyl sites for hydroxylation is 1. The van der Waals surface area contributed by atoms with Gasteiger partial charge in [0.15, 0.2) is 0 Å². The predicted molar refractivity (Wildman–Crippen MR) is 77.5 cm³/mol. The molecule has 20 heavy (non-hydrogen) atoms. The van der Waals surface area contributed by atoms with Crippen molar-refractivity contribution < 1.29 is 13.3 Å². The van der Waals surface area contributed by atoms with Gasteiger partial charge in [0.1, 0.15) is 5.69 Å². The fraction of sp³-hybridized carbons (Fsp3) is 0.300. The number of nitrogens with two attached hydrogens (primary N) is 1. The lowest BCUT2D eigenvalue weighted by Crippen LogP contribution is -2.22. The molecule has 10 heteroatoms. The molecule has 0 bridgehead atoms. The van der Waals surface area contributed by atoms with Crippen molar-refractivity contribution in [1.82, 2.24) is 4.98 Å². The lowest BCUT2D eigenvalue weighted by Gasteiger charge is -2.06. The molecule has 8 nitrogen and oxygen atoms in total. The summed E-state index contributed by atoms with van der Waals surface area (Å²) in [4.78, 5) is 14.8. The number of aromatic nitrogens is 1. The van der Waals surface area contributed by atoms with Crippen LogP contribution in [0.5, 0.6) is 0 Å². The Morgan fingerprint density at radius 2 is 2.20 bits per heavy atom. The van der Waals surface area contributed by atoms with Gasteiger partial charge in [0.2, 0.25) is 10.0 Å². The standard InChI is InChI=1S/C10H12N4O4S2/c1-6-13-8-4-7(12-2-3-20(11,17)18)9(14(15)16)5-10(8)19-6/h4-5,12H,2-3H2,1H3,(H2,11,17,18). The highest BCUT2D eigenvalue weighted by Gasteiger charge is 2.17. The van der Waals surface area contributed by atoms with Crippen molar-refractivity contribution in [2.75, 3.05) is 17.6 Å². The van der Waals surface area contributed by atoms with E-state index in [0.29, 0.717) is 10.2 Å². The summed E-state index contributed by atoms with van der Waals surface area (Å²) in [5.41, 5.74) is 0.753. The number of rotatable bonds is 5. The first-order valence-corrected chi connectivity index (χ1v) is 8.09. The molecule has 0 unspecified atom stereocenters. The van der Waals surface area contributed by atoms with Gasteiger partial charge in [-0.15, -0.1) is 11.3 Å². The summed E-state index contributed by atoms with van der Waals surface area (Å²) in [6.45, 7) is 1.80. The number of anilines is 1. The van der Waals surface area contributed by atoms with E-state index >= 15 is 0 Å². The van der Waals surface area contributed by atoms with Gasteiger partial charge >= 0.3 is 0 Å². The summed E-state index contributed by atoms with van der Waals surface area (Å²) in [7, 11) is -3.61. The molecule has 1 aromatic carbocycles. The van der Waals surface area contributed by atoms with Gasteiger partial charge in [-0.2, -0.15) is 0 Å². The van der Waals surface area contributed by atoms with Gasteiger partial charge in [0, 0.05) is 12.6 Å². The second kappa shape index (κ2) is 5.31. The molecule has 0 fully saturated rings. The number of nitro groups is 1. The van der Waals surface area contributed by atoms with Gasteiger partial charge in [0.05, 0.1) is 25.9 Å². The maximum Gasteiger partial charge on any atom is 0.293 e. The number of nitrogens with zero attached hydrogens (tertiary/aromatic N) is 2. The largest absolute Gasteiger partial charge is 0.378 e. The molecule has 0 aliphatic rings. The Balaban J connectivity index is 2.34. The molecule has 3 N–H and O–H groups in total. The second-order valence-corrected chi connectivity index (χ2v) is 7.09. The molecule has 0 aliphatic heterocycles. The third-order valence-corrected chi connectivity index (χ3v) is 4.22. The summed E-state index contributed by atoms with van der Waals surface area (Å²) in [6.07, 6.45) is 0. The quantitative estimate of drug-likeness (QED) is 0.630. The van der Waals surface area contributed by atoms with Gasteiger partial charge in [-0.1, -0.05) is 0 Å². The Morgan fingerprint density at radius 3 is 2.80 bits per heavy atom. The van der Waals surface area contributed by atoms with Crippen LogP contribution in [0, 0.1) is 17.0 Å². The van der Waals surface area contributed by atoms with E-state index in [0.717, 1.165) is 5.01 Å². The summed E-state index contributed by atoms with van der Waals surface area (Å²) in [5.74, 6) is -0.307. The van der Waals surface area contributed by atoms with E-state index in [1.165, 1.54) is 17.4 Å². The molecule has 1 heterocycles. The van der Waals surface area contributed by atoms with Gasteiger partial charge in [0.25, 0.3) is 5.69 Å². The minimum Gasteiger partial charge on any atom is -0.378 e. The van der Waals surface area contributed by atoms with Crippen LogP contribution in [-0.2, 0) is 10.0 Å².